The fourth-order valence-electron chi connectivity index (χ4n) is 0.570. The first-order valence-corrected chi connectivity index (χ1v) is 5.00. The fourth-order valence-corrected chi connectivity index (χ4v) is 0.570. The highest BCUT2D eigenvalue weighted by molar-refractivity contribution is 5.73. The second-order valence-corrected chi connectivity index (χ2v) is 4.14. The quantitative estimate of drug-likeness (QED) is 0.550. The third-order valence-electron chi connectivity index (χ3n) is 1.89. The molecular formula is C10H21NO5. The second-order valence-electron chi connectivity index (χ2n) is 4.14. The van der Waals surface area contributed by atoms with Gasteiger partial charge in [-0.2, -0.15) is 0 Å². The Morgan fingerprint density at radius 1 is 0.938 bits per heavy atom. The van der Waals surface area contributed by atoms with Gasteiger partial charge < -0.3 is 21.1 Å². The molecule has 0 aromatic rings. The van der Waals surface area contributed by atoms with Crippen LogP contribution in [0.1, 0.15) is 27.7 Å². The van der Waals surface area contributed by atoms with Crippen molar-refractivity contribution in [2.24, 2.45) is 17.6 Å². The first-order chi connectivity index (χ1) is 7.11. The Balaban J connectivity index is 0. The van der Waals surface area contributed by atoms with Crippen LogP contribution in [-0.2, 0) is 9.59 Å². The summed E-state index contributed by atoms with van der Waals surface area (Å²) >= 11 is 0. The molecule has 6 nitrogen and oxygen atoms in total. The minimum atomic E-state index is -1.21. The van der Waals surface area contributed by atoms with E-state index in [0.717, 1.165) is 0 Å². The molecule has 0 spiro atoms. The van der Waals surface area contributed by atoms with E-state index in [1.54, 1.807) is 27.7 Å². The number of nitrogens with two attached hydrogens (primary N) is 1. The topological polar surface area (TPSA) is 121 Å². The summed E-state index contributed by atoms with van der Waals surface area (Å²) in [6.45, 7) is 6.86. The Morgan fingerprint density at radius 3 is 1.31 bits per heavy atom. The van der Waals surface area contributed by atoms with E-state index >= 15 is 0 Å². The van der Waals surface area contributed by atoms with Gasteiger partial charge in [0.15, 0.2) is 6.10 Å². The molecule has 0 amide bonds. The van der Waals surface area contributed by atoms with Crippen molar-refractivity contribution in [1.82, 2.24) is 0 Å². The van der Waals surface area contributed by atoms with Crippen molar-refractivity contribution >= 4 is 11.9 Å². The van der Waals surface area contributed by atoms with Gasteiger partial charge in [-0.3, -0.25) is 4.79 Å². The molecule has 0 aliphatic heterocycles. The van der Waals surface area contributed by atoms with Gasteiger partial charge in [-0.05, 0) is 11.8 Å². The van der Waals surface area contributed by atoms with E-state index < -0.39 is 24.1 Å². The molecular weight excluding hydrogens is 214 g/mol. The lowest BCUT2D eigenvalue weighted by atomic mass is 10.1. The van der Waals surface area contributed by atoms with E-state index in [4.69, 9.17) is 21.1 Å². The number of hydrogen-bond acceptors (Lipinski definition) is 4. The van der Waals surface area contributed by atoms with Crippen LogP contribution >= 0.6 is 0 Å². The Kier molecular flexibility index (Phi) is 8.70. The zero-order chi connectivity index (χ0) is 13.5. The van der Waals surface area contributed by atoms with Gasteiger partial charge in [0.05, 0.1) is 0 Å². The van der Waals surface area contributed by atoms with Crippen LogP contribution in [0.4, 0.5) is 0 Å². The third-order valence-corrected chi connectivity index (χ3v) is 1.89. The van der Waals surface area contributed by atoms with E-state index in [9.17, 15) is 9.59 Å². The van der Waals surface area contributed by atoms with E-state index in [1.165, 1.54) is 0 Å². The van der Waals surface area contributed by atoms with Crippen LogP contribution in [0.25, 0.3) is 0 Å². The first-order valence-electron chi connectivity index (χ1n) is 5.00. The van der Waals surface area contributed by atoms with Gasteiger partial charge in [0.1, 0.15) is 6.04 Å². The maximum atomic E-state index is 10.0. The van der Waals surface area contributed by atoms with Crippen molar-refractivity contribution in [3.8, 4) is 0 Å². The van der Waals surface area contributed by atoms with Crippen molar-refractivity contribution in [2.75, 3.05) is 0 Å². The summed E-state index contributed by atoms with van der Waals surface area (Å²) in [7, 11) is 0. The van der Waals surface area contributed by atoms with Gasteiger partial charge in [-0.15, -0.1) is 0 Å². The molecule has 1 unspecified atom stereocenters. The molecule has 0 aromatic heterocycles. The summed E-state index contributed by atoms with van der Waals surface area (Å²) < 4.78 is 0. The smallest absolute Gasteiger partial charge is 0.332 e. The predicted octanol–water partition coefficient (Wildman–Crippen LogP) is 0.142. The lowest BCUT2D eigenvalue weighted by Crippen LogP contribution is -2.34. The number of aliphatic hydroxyl groups is 1. The molecule has 0 radical (unpaired) electrons. The molecule has 0 bridgehead atoms. The molecule has 6 heteroatoms. The van der Waals surface area contributed by atoms with E-state index in [1.807, 2.05) is 0 Å². The zero-order valence-electron chi connectivity index (χ0n) is 10.0. The highest BCUT2D eigenvalue weighted by Gasteiger charge is 2.16. The van der Waals surface area contributed by atoms with E-state index in [2.05, 4.69) is 0 Å². The fraction of sp³-hybridized carbons (Fsp3) is 0.800. The normalized spacial score (nSPS) is 14.0. The first kappa shape index (κ1) is 17.3. The lowest BCUT2D eigenvalue weighted by Gasteiger charge is -2.07. The summed E-state index contributed by atoms with van der Waals surface area (Å²) in [4.78, 5) is 19.9. The SMILES string of the molecule is CC(C)C(O)C(=O)O.CC(C)[C@H](N)C(=O)O. The molecule has 0 rings (SSSR count). The Bertz CT molecular complexity index is 203. The number of hydrogen-bond donors (Lipinski definition) is 4. The van der Waals surface area contributed by atoms with Crippen molar-refractivity contribution in [3.05, 3.63) is 0 Å². The van der Waals surface area contributed by atoms with E-state index in [-0.39, 0.29) is 11.8 Å². The maximum Gasteiger partial charge on any atom is 0.332 e. The van der Waals surface area contributed by atoms with Crippen LogP contribution in [0.2, 0.25) is 0 Å². The van der Waals surface area contributed by atoms with Crippen LogP contribution in [0.3, 0.4) is 0 Å². The van der Waals surface area contributed by atoms with Gasteiger partial charge in [-0.1, -0.05) is 27.7 Å². The zero-order valence-corrected chi connectivity index (χ0v) is 10.0. The Morgan fingerprint density at radius 2 is 1.31 bits per heavy atom. The predicted molar refractivity (Wildman–Crippen MR) is 58.9 cm³/mol. The number of aliphatic carboxylic acids is 2. The standard InChI is InChI=1S/C5H11NO2.C5H10O3/c2*1-3(2)4(6)5(7)8/h3-4H,6H2,1-2H3,(H,7,8);3-4,6H,1-2H3,(H,7,8)/t4-;/m0./s1. The van der Waals surface area contributed by atoms with Crippen LogP contribution in [0.15, 0.2) is 0 Å². The molecule has 0 saturated carbocycles. The number of rotatable bonds is 4. The molecule has 16 heavy (non-hydrogen) atoms. The van der Waals surface area contributed by atoms with Crippen LogP contribution in [-0.4, -0.2) is 39.4 Å². The summed E-state index contributed by atoms with van der Waals surface area (Å²) in [5.41, 5.74) is 5.16. The summed E-state index contributed by atoms with van der Waals surface area (Å²) in [6.07, 6.45) is -1.21. The van der Waals surface area contributed by atoms with Gasteiger partial charge >= 0.3 is 11.9 Å². The molecule has 96 valence electrons. The summed E-state index contributed by atoms with van der Waals surface area (Å²) in [5, 5.41) is 24.9. The lowest BCUT2D eigenvalue weighted by molar-refractivity contribution is -0.148. The molecule has 0 fully saturated rings. The Labute approximate surface area is 95.1 Å². The van der Waals surface area contributed by atoms with Crippen molar-refractivity contribution in [1.29, 1.82) is 0 Å². The molecule has 0 aliphatic rings. The molecule has 0 aliphatic carbocycles. The molecule has 0 heterocycles. The molecule has 0 saturated heterocycles. The van der Waals surface area contributed by atoms with Gasteiger partial charge in [0.2, 0.25) is 0 Å². The average Bonchev–Trinajstić information content (AvgIpc) is 2.15. The highest BCUT2D eigenvalue weighted by atomic mass is 16.4. The largest absolute Gasteiger partial charge is 0.480 e. The van der Waals surface area contributed by atoms with E-state index in [0.29, 0.717) is 0 Å². The minimum absolute atomic E-state index is 0.0208. The Hall–Kier alpha value is -1.14. The average molecular weight is 235 g/mol. The summed E-state index contributed by atoms with van der Waals surface area (Å²) in [5.74, 6) is -2.26. The second kappa shape index (κ2) is 8.06. The minimum Gasteiger partial charge on any atom is -0.480 e. The van der Waals surface area contributed by atoms with Crippen molar-refractivity contribution < 1.29 is 24.9 Å². The van der Waals surface area contributed by atoms with Gasteiger partial charge in [0.25, 0.3) is 0 Å². The number of carboxylic acid groups (broad SMARTS) is 2. The monoisotopic (exact) mass is 235 g/mol. The van der Waals surface area contributed by atoms with Crippen LogP contribution in [0, 0.1) is 11.8 Å². The molecule has 2 atom stereocenters. The summed E-state index contributed by atoms with van der Waals surface area (Å²) in [6, 6.07) is -0.713. The number of aliphatic hydroxyl groups excluding tert-OH is 1. The highest BCUT2D eigenvalue weighted by Crippen LogP contribution is 1.99. The number of carbonyl (C=O) groups is 2. The molecule has 0 aromatic carbocycles. The number of carboxylic acids is 2. The molecule has 5 N–H and O–H groups in total. The third kappa shape index (κ3) is 8.19. The van der Waals surface area contributed by atoms with Crippen LogP contribution < -0.4 is 5.73 Å². The van der Waals surface area contributed by atoms with Gasteiger partial charge in [0, 0.05) is 0 Å². The van der Waals surface area contributed by atoms with Gasteiger partial charge in [-0.25, -0.2) is 4.79 Å². The van der Waals surface area contributed by atoms with Crippen molar-refractivity contribution in [2.45, 2.75) is 39.8 Å². The van der Waals surface area contributed by atoms with Crippen molar-refractivity contribution in [3.63, 3.8) is 0 Å². The maximum absolute atomic E-state index is 10.0. The van der Waals surface area contributed by atoms with Crippen LogP contribution in [0.5, 0.6) is 0 Å².